The predicted molar refractivity (Wildman–Crippen MR) is 171 cm³/mol. The highest BCUT2D eigenvalue weighted by Crippen LogP contribution is 2.38. The van der Waals surface area contributed by atoms with Gasteiger partial charge < -0.3 is 9.47 Å². The molecule has 1 aliphatic rings. The molecule has 0 saturated carbocycles. The molecular formula is C31H26BrN5O4S2. The van der Waals surface area contributed by atoms with Crippen LogP contribution in [0.4, 0.5) is 0 Å². The zero-order chi connectivity index (χ0) is 30.0. The van der Waals surface area contributed by atoms with Gasteiger partial charge in [-0.1, -0.05) is 48.5 Å². The number of sulfonamides is 1. The van der Waals surface area contributed by atoms with Crippen molar-refractivity contribution in [3.8, 4) is 22.6 Å². The Bertz CT molecular complexity index is 1910. The number of aliphatic imine (C=N–C) groups is 1. The van der Waals surface area contributed by atoms with Gasteiger partial charge in [-0.3, -0.25) is 0 Å². The fourth-order valence-electron chi connectivity index (χ4n) is 4.93. The molecule has 43 heavy (non-hydrogen) atoms. The van der Waals surface area contributed by atoms with Gasteiger partial charge >= 0.3 is 0 Å². The average molecular weight is 677 g/mol. The summed E-state index contributed by atoms with van der Waals surface area (Å²) >= 11 is 5.00. The first-order chi connectivity index (χ1) is 20.9. The molecule has 0 atom stereocenters. The number of benzene rings is 4. The number of thiazole rings is 1. The van der Waals surface area contributed by atoms with E-state index >= 15 is 0 Å². The summed E-state index contributed by atoms with van der Waals surface area (Å²) in [5.41, 5.74) is 4.23. The Balaban J connectivity index is 1.51. The molecule has 4 aromatic carbocycles. The number of ether oxygens (including phenoxy) is 2. The van der Waals surface area contributed by atoms with Crippen LogP contribution in [0, 0.1) is 0 Å². The largest absolute Gasteiger partial charge is 0.497 e. The SMILES string of the molecule is COc1ccc(CN(Cc2ccc(OC)cc2)S(=O)(=O)c2cccc(-c3cccc4sc(Br)nc34)c2C2=NCN=N2)cc1. The van der Waals surface area contributed by atoms with Crippen LogP contribution in [0.2, 0.25) is 0 Å². The average Bonchev–Trinajstić information content (AvgIpc) is 3.70. The van der Waals surface area contributed by atoms with E-state index in [0.717, 1.165) is 30.8 Å². The van der Waals surface area contributed by atoms with Crippen molar-refractivity contribution >= 4 is 53.3 Å². The second kappa shape index (κ2) is 12.3. The number of aromatic nitrogens is 1. The van der Waals surface area contributed by atoms with Gasteiger partial charge in [0.25, 0.3) is 0 Å². The Labute approximate surface area is 261 Å². The molecule has 0 radical (unpaired) electrons. The number of methoxy groups -OCH3 is 2. The lowest BCUT2D eigenvalue weighted by molar-refractivity contribution is 0.397. The van der Waals surface area contributed by atoms with Crippen LogP contribution in [0.1, 0.15) is 16.7 Å². The zero-order valence-electron chi connectivity index (χ0n) is 23.3. The minimum Gasteiger partial charge on any atom is -0.497 e. The second-order valence-corrected chi connectivity index (χ2v) is 13.8. The van der Waals surface area contributed by atoms with E-state index in [0.29, 0.717) is 22.6 Å². The van der Waals surface area contributed by atoms with Gasteiger partial charge in [-0.2, -0.15) is 9.42 Å². The van der Waals surface area contributed by atoms with Crippen molar-refractivity contribution in [2.45, 2.75) is 18.0 Å². The van der Waals surface area contributed by atoms with E-state index in [9.17, 15) is 8.42 Å². The fourth-order valence-corrected chi connectivity index (χ4v) is 7.98. The van der Waals surface area contributed by atoms with Crippen LogP contribution in [0.3, 0.4) is 0 Å². The first-order valence-corrected chi connectivity index (χ1v) is 16.3. The summed E-state index contributed by atoms with van der Waals surface area (Å²) in [6, 6.07) is 25.8. The quantitative estimate of drug-likeness (QED) is 0.154. The van der Waals surface area contributed by atoms with E-state index in [4.69, 9.17) is 9.47 Å². The number of nitrogens with zero attached hydrogens (tertiary/aromatic N) is 5. The van der Waals surface area contributed by atoms with E-state index < -0.39 is 10.0 Å². The summed E-state index contributed by atoms with van der Waals surface area (Å²) in [7, 11) is -0.924. The number of rotatable bonds is 10. The summed E-state index contributed by atoms with van der Waals surface area (Å²) in [5.74, 6) is 1.65. The van der Waals surface area contributed by atoms with E-state index in [1.54, 1.807) is 26.4 Å². The summed E-state index contributed by atoms with van der Waals surface area (Å²) < 4.78 is 43.3. The molecule has 0 bridgehead atoms. The van der Waals surface area contributed by atoms with Gasteiger partial charge in [0.05, 0.1) is 29.3 Å². The maximum atomic E-state index is 14.7. The highest BCUT2D eigenvalue weighted by Gasteiger charge is 2.32. The van der Waals surface area contributed by atoms with Gasteiger partial charge in [0.2, 0.25) is 10.0 Å². The van der Waals surface area contributed by atoms with Gasteiger partial charge in [0.15, 0.2) is 16.4 Å². The molecule has 1 aromatic heterocycles. The zero-order valence-corrected chi connectivity index (χ0v) is 26.5. The predicted octanol–water partition coefficient (Wildman–Crippen LogP) is 7.30. The van der Waals surface area contributed by atoms with Gasteiger partial charge in [0.1, 0.15) is 11.5 Å². The third kappa shape index (κ3) is 5.96. The number of amidine groups is 1. The molecule has 6 rings (SSSR count). The van der Waals surface area contributed by atoms with Crippen molar-refractivity contribution < 1.29 is 17.9 Å². The van der Waals surface area contributed by atoms with Gasteiger partial charge in [-0.15, -0.1) is 16.5 Å². The first kappa shape index (κ1) is 29.1. The van der Waals surface area contributed by atoms with Crippen LogP contribution in [0.5, 0.6) is 11.5 Å². The van der Waals surface area contributed by atoms with Crippen LogP contribution in [0.15, 0.2) is 109 Å². The van der Waals surface area contributed by atoms with Crippen molar-refractivity contribution in [1.82, 2.24) is 9.29 Å². The van der Waals surface area contributed by atoms with Crippen molar-refractivity contribution in [2.75, 3.05) is 20.9 Å². The summed E-state index contributed by atoms with van der Waals surface area (Å²) in [6.45, 7) is 0.395. The minimum absolute atomic E-state index is 0.0953. The Morgan fingerprint density at radius 2 is 1.44 bits per heavy atom. The van der Waals surface area contributed by atoms with Gasteiger partial charge in [-0.05, 0) is 69.0 Å². The van der Waals surface area contributed by atoms with E-state index in [1.165, 1.54) is 15.6 Å². The molecule has 2 heterocycles. The molecule has 0 amide bonds. The smallest absolute Gasteiger partial charge is 0.244 e. The van der Waals surface area contributed by atoms with E-state index in [2.05, 4.69) is 36.1 Å². The molecule has 5 aromatic rings. The monoisotopic (exact) mass is 675 g/mol. The van der Waals surface area contributed by atoms with Crippen molar-refractivity contribution in [1.29, 1.82) is 0 Å². The topological polar surface area (TPSA) is 106 Å². The van der Waals surface area contributed by atoms with Crippen LogP contribution in [-0.2, 0) is 23.1 Å². The second-order valence-electron chi connectivity index (χ2n) is 9.63. The Hall–Kier alpha value is -3.97. The fraction of sp³-hybridized carbons (Fsp3) is 0.161. The molecule has 0 saturated heterocycles. The molecule has 1 aliphatic heterocycles. The van der Waals surface area contributed by atoms with Crippen molar-refractivity contribution in [3.63, 3.8) is 0 Å². The summed E-state index contributed by atoms with van der Waals surface area (Å²) in [5, 5.41) is 8.30. The normalized spacial score (nSPS) is 13.1. The third-order valence-corrected chi connectivity index (χ3v) is 10.3. The summed E-state index contributed by atoms with van der Waals surface area (Å²) in [4.78, 5) is 9.24. The molecule has 0 spiro atoms. The molecule has 0 aliphatic carbocycles. The molecule has 0 unspecified atom stereocenters. The highest BCUT2D eigenvalue weighted by molar-refractivity contribution is 9.11. The van der Waals surface area contributed by atoms with Crippen LogP contribution >= 0.6 is 27.3 Å². The standard InChI is InChI=1S/C31H26BrN5O4S2/c1-40-22-13-9-20(10-14-22)17-37(18-21-11-15-23(41-2)16-12-21)43(38,39)27-8-4-5-24(28(27)30-33-19-34-36-30)25-6-3-7-26-29(25)35-31(32)42-26/h3-16H,17-19H2,1-2H3. The number of hydrogen-bond acceptors (Lipinski definition) is 9. The van der Waals surface area contributed by atoms with Gasteiger partial charge in [0, 0.05) is 24.2 Å². The Morgan fingerprint density at radius 1 is 0.837 bits per heavy atom. The number of azo groups is 1. The van der Waals surface area contributed by atoms with Crippen LogP contribution in [-0.4, -0.2) is 44.4 Å². The number of hydrogen-bond donors (Lipinski definition) is 0. The van der Waals surface area contributed by atoms with E-state index in [-0.39, 0.29) is 30.5 Å². The Kier molecular flexibility index (Phi) is 8.35. The molecule has 12 heteroatoms. The lowest BCUT2D eigenvalue weighted by atomic mass is 9.98. The van der Waals surface area contributed by atoms with Crippen LogP contribution in [0.25, 0.3) is 21.3 Å². The van der Waals surface area contributed by atoms with E-state index in [1.807, 2.05) is 72.8 Å². The number of para-hydroxylation sites is 1. The Morgan fingerprint density at radius 3 is 2.02 bits per heavy atom. The highest BCUT2D eigenvalue weighted by atomic mass is 79.9. The number of halogens is 1. The van der Waals surface area contributed by atoms with Crippen molar-refractivity contribution in [2.24, 2.45) is 15.2 Å². The molecular weight excluding hydrogens is 650 g/mol. The lowest BCUT2D eigenvalue weighted by Gasteiger charge is -2.25. The molecule has 218 valence electrons. The van der Waals surface area contributed by atoms with Gasteiger partial charge in [-0.25, -0.2) is 18.4 Å². The number of fused-ring (bicyclic) bond motifs is 1. The van der Waals surface area contributed by atoms with Crippen molar-refractivity contribution in [3.05, 3.63) is 106 Å². The minimum atomic E-state index is -4.11. The molecule has 0 fully saturated rings. The molecule has 9 nitrogen and oxygen atoms in total. The molecule has 0 N–H and O–H groups in total. The lowest BCUT2D eigenvalue weighted by Crippen LogP contribution is -2.31. The third-order valence-electron chi connectivity index (χ3n) is 7.04. The maximum Gasteiger partial charge on any atom is 0.244 e. The first-order valence-electron chi connectivity index (χ1n) is 13.2. The summed E-state index contributed by atoms with van der Waals surface area (Å²) in [6.07, 6.45) is 0. The maximum absolute atomic E-state index is 14.7. The van der Waals surface area contributed by atoms with Crippen LogP contribution < -0.4 is 9.47 Å².